The summed E-state index contributed by atoms with van der Waals surface area (Å²) in [6.07, 6.45) is 3.03. The highest BCUT2D eigenvalue weighted by Gasteiger charge is 2.10. The lowest BCUT2D eigenvalue weighted by molar-refractivity contribution is 0.197. The van der Waals surface area contributed by atoms with E-state index in [9.17, 15) is 8.78 Å². The van der Waals surface area contributed by atoms with E-state index in [1.807, 2.05) is 0 Å². The van der Waals surface area contributed by atoms with Crippen LogP contribution in [0.25, 0.3) is 0 Å². The van der Waals surface area contributed by atoms with Gasteiger partial charge >= 0.3 is 0 Å². The molecule has 22 heavy (non-hydrogen) atoms. The molecular weight excluding hydrogens is 337 g/mol. The van der Waals surface area contributed by atoms with Crippen LogP contribution in [0.3, 0.4) is 0 Å². The average Bonchev–Trinajstić information content (AvgIpc) is 2.55. The number of hydrogen-bond acceptors (Lipinski definition) is 4. The fourth-order valence-electron chi connectivity index (χ4n) is 1.48. The predicted molar refractivity (Wildman–Crippen MR) is 79.7 cm³/mol. The van der Waals surface area contributed by atoms with Gasteiger partial charge in [0.05, 0.1) is 36.4 Å². The number of alkyl halides is 2. The highest BCUT2D eigenvalue weighted by Crippen LogP contribution is 2.16. The summed E-state index contributed by atoms with van der Waals surface area (Å²) < 4.78 is 25.5. The first-order chi connectivity index (χ1) is 10.5. The summed E-state index contributed by atoms with van der Waals surface area (Å²) in [6.45, 7) is 0. The van der Waals surface area contributed by atoms with Crippen molar-refractivity contribution in [3.05, 3.63) is 59.7 Å². The third kappa shape index (κ3) is 5.46. The van der Waals surface area contributed by atoms with Gasteiger partial charge in [0.15, 0.2) is 0 Å². The molecule has 0 unspecified atom stereocenters. The third-order valence-corrected chi connectivity index (χ3v) is 3.20. The fourth-order valence-corrected chi connectivity index (χ4v) is 1.81. The van der Waals surface area contributed by atoms with Crippen LogP contribution in [0.5, 0.6) is 0 Å². The molecule has 0 aliphatic heterocycles. The molecule has 2 heterocycles. The number of hydrogen-bond donors (Lipinski definition) is 2. The summed E-state index contributed by atoms with van der Waals surface area (Å²) in [5, 5.41) is 18.2. The number of aliphatic hydroxyl groups excluding tert-OH is 2. The molecule has 0 bridgehead atoms. The molecule has 0 aliphatic carbocycles. The van der Waals surface area contributed by atoms with E-state index < -0.39 is 23.8 Å². The van der Waals surface area contributed by atoms with Gasteiger partial charge in [-0.3, -0.25) is 9.97 Å². The number of aliphatic hydroxyl groups is 2. The Morgan fingerprint density at radius 3 is 1.50 bits per heavy atom. The van der Waals surface area contributed by atoms with E-state index in [1.165, 1.54) is 24.5 Å². The van der Waals surface area contributed by atoms with Crippen molar-refractivity contribution in [2.45, 2.75) is 12.2 Å². The first-order valence-electron chi connectivity index (χ1n) is 6.18. The molecule has 2 aromatic heterocycles. The molecule has 0 saturated heterocycles. The zero-order valence-electron chi connectivity index (χ0n) is 11.3. The molecule has 2 rings (SSSR count). The largest absolute Gasteiger partial charge is 0.387 e. The second kappa shape index (κ2) is 9.63. The third-order valence-electron chi connectivity index (χ3n) is 2.62. The van der Waals surface area contributed by atoms with Crippen LogP contribution < -0.4 is 0 Å². The lowest BCUT2D eigenvalue weighted by atomic mass is 10.2. The van der Waals surface area contributed by atoms with E-state index in [4.69, 9.17) is 33.4 Å². The standard InChI is InChI=1S/2C7H7ClFNO/c2*8-3-7(11)5-1-2-10-4-6(5)9/h2*1-2,4,7,11H,3H2/t2*7-/m00/s1. The Balaban J connectivity index is 0.000000220. The molecule has 0 aliphatic rings. The normalized spacial score (nSPS) is 13.0. The molecule has 0 spiro atoms. The fraction of sp³-hybridized carbons (Fsp3) is 0.286. The summed E-state index contributed by atoms with van der Waals surface area (Å²) in [5.74, 6) is -1.08. The zero-order valence-corrected chi connectivity index (χ0v) is 12.8. The first-order valence-corrected chi connectivity index (χ1v) is 7.25. The lowest BCUT2D eigenvalue weighted by Gasteiger charge is -2.06. The maximum Gasteiger partial charge on any atom is 0.147 e. The number of pyridine rings is 2. The Bertz CT molecular complexity index is 539. The van der Waals surface area contributed by atoms with Gasteiger partial charge in [-0.15, -0.1) is 23.2 Å². The number of rotatable bonds is 4. The number of nitrogens with zero attached hydrogens (tertiary/aromatic N) is 2. The van der Waals surface area contributed by atoms with E-state index in [0.717, 1.165) is 12.4 Å². The summed E-state index contributed by atoms with van der Waals surface area (Å²) in [7, 11) is 0. The molecule has 0 saturated carbocycles. The smallest absolute Gasteiger partial charge is 0.147 e. The van der Waals surface area contributed by atoms with Crippen LogP contribution in [-0.2, 0) is 0 Å². The van der Waals surface area contributed by atoms with Crippen molar-refractivity contribution < 1.29 is 19.0 Å². The van der Waals surface area contributed by atoms with Crippen molar-refractivity contribution in [3.63, 3.8) is 0 Å². The van der Waals surface area contributed by atoms with Crippen molar-refractivity contribution >= 4 is 23.2 Å². The predicted octanol–water partition coefficient (Wildman–Crippen LogP) is 2.99. The van der Waals surface area contributed by atoms with Gasteiger partial charge in [-0.05, 0) is 12.1 Å². The van der Waals surface area contributed by atoms with Gasteiger partial charge in [0.1, 0.15) is 11.6 Å². The van der Waals surface area contributed by atoms with E-state index in [0.29, 0.717) is 0 Å². The maximum atomic E-state index is 12.7. The van der Waals surface area contributed by atoms with Crippen molar-refractivity contribution in [3.8, 4) is 0 Å². The Labute approximate surface area is 136 Å². The molecule has 2 N–H and O–H groups in total. The molecule has 0 radical (unpaired) electrons. The second-order valence-corrected chi connectivity index (χ2v) is 4.75. The summed E-state index contributed by atoms with van der Waals surface area (Å²) in [6, 6.07) is 2.81. The number of halogens is 4. The van der Waals surface area contributed by atoms with Crippen molar-refractivity contribution in [1.82, 2.24) is 9.97 Å². The quantitative estimate of drug-likeness (QED) is 0.832. The number of aromatic nitrogens is 2. The topological polar surface area (TPSA) is 66.2 Å². The van der Waals surface area contributed by atoms with Gasteiger partial charge in [-0.1, -0.05) is 0 Å². The Kier molecular flexibility index (Phi) is 8.19. The summed E-state index contributed by atoms with van der Waals surface area (Å²) >= 11 is 10.6. The van der Waals surface area contributed by atoms with Crippen LogP contribution in [0.4, 0.5) is 8.78 Å². The SMILES string of the molecule is O[C@@H](CCl)c1ccncc1F.O[C@@H](CCl)c1ccncc1F. The minimum atomic E-state index is -0.945. The van der Waals surface area contributed by atoms with Gasteiger partial charge in [0.25, 0.3) is 0 Å². The van der Waals surface area contributed by atoms with Crippen LogP contribution >= 0.6 is 23.2 Å². The van der Waals surface area contributed by atoms with Gasteiger partial charge < -0.3 is 10.2 Å². The average molecular weight is 351 g/mol. The van der Waals surface area contributed by atoms with Crippen LogP contribution in [0, 0.1) is 11.6 Å². The van der Waals surface area contributed by atoms with Crippen LogP contribution in [-0.4, -0.2) is 31.9 Å². The van der Waals surface area contributed by atoms with Crippen LogP contribution in [0.1, 0.15) is 23.3 Å². The first kappa shape index (κ1) is 18.7. The highest BCUT2D eigenvalue weighted by atomic mass is 35.5. The Morgan fingerprint density at radius 2 is 1.23 bits per heavy atom. The van der Waals surface area contributed by atoms with Crippen LogP contribution in [0.2, 0.25) is 0 Å². The van der Waals surface area contributed by atoms with E-state index in [2.05, 4.69) is 9.97 Å². The molecule has 2 aromatic rings. The molecule has 4 nitrogen and oxygen atoms in total. The van der Waals surface area contributed by atoms with Gasteiger partial charge in [-0.2, -0.15) is 0 Å². The molecule has 0 aromatic carbocycles. The van der Waals surface area contributed by atoms with Crippen molar-refractivity contribution in [2.75, 3.05) is 11.8 Å². The molecule has 0 amide bonds. The summed E-state index contributed by atoms with van der Waals surface area (Å²) in [5.41, 5.74) is 0.380. The lowest BCUT2D eigenvalue weighted by Crippen LogP contribution is -2.01. The minimum Gasteiger partial charge on any atom is -0.387 e. The zero-order chi connectivity index (χ0) is 16.5. The van der Waals surface area contributed by atoms with Crippen molar-refractivity contribution in [2.24, 2.45) is 0 Å². The Hall–Kier alpha value is -1.34. The maximum absolute atomic E-state index is 12.7. The molecule has 8 heteroatoms. The van der Waals surface area contributed by atoms with Gasteiger partial charge in [0.2, 0.25) is 0 Å². The molecular formula is C14H14Cl2F2N2O2. The molecule has 2 atom stereocenters. The van der Waals surface area contributed by atoms with E-state index in [-0.39, 0.29) is 22.9 Å². The summed E-state index contributed by atoms with van der Waals surface area (Å²) in [4.78, 5) is 7.06. The monoisotopic (exact) mass is 350 g/mol. The van der Waals surface area contributed by atoms with Crippen molar-refractivity contribution in [1.29, 1.82) is 0 Å². The Morgan fingerprint density at radius 1 is 0.864 bits per heavy atom. The van der Waals surface area contributed by atoms with Gasteiger partial charge in [0, 0.05) is 23.5 Å². The van der Waals surface area contributed by atoms with Crippen LogP contribution in [0.15, 0.2) is 36.9 Å². The van der Waals surface area contributed by atoms with Gasteiger partial charge in [-0.25, -0.2) is 8.78 Å². The minimum absolute atomic E-state index is 0.0130. The molecule has 0 fully saturated rings. The second-order valence-electron chi connectivity index (χ2n) is 4.13. The van der Waals surface area contributed by atoms with E-state index in [1.54, 1.807) is 0 Å². The van der Waals surface area contributed by atoms with E-state index >= 15 is 0 Å². The molecule has 120 valence electrons. The highest BCUT2D eigenvalue weighted by molar-refractivity contribution is 6.18.